The number of hydrogen-bond acceptors (Lipinski definition) is 2. The van der Waals surface area contributed by atoms with Gasteiger partial charge < -0.3 is 10.6 Å². The molecule has 2 atom stereocenters. The lowest BCUT2D eigenvalue weighted by atomic mass is 9.99. The predicted molar refractivity (Wildman–Crippen MR) is 120 cm³/mol. The van der Waals surface area contributed by atoms with Crippen LogP contribution >= 0.6 is 0 Å². The summed E-state index contributed by atoms with van der Waals surface area (Å²) in [7, 11) is 0. The van der Waals surface area contributed by atoms with Gasteiger partial charge in [-0.25, -0.2) is 0 Å². The first-order valence-electron chi connectivity index (χ1n) is 12.1. The van der Waals surface area contributed by atoms with Crippen molar-refractivity contribution in [1.29, 1.82) is 0 Å². The highest BCUT2D eigenvalue weighted by Crippen LogP contribution is 2.14. The van der Waals surface area contributed by atoms with Crippen LogP contribution in [0.2, 0.25) is 0 Å². The average Bonchev–Trinajstić information content (AvgIpc) is 2.68. The predicted octanol–water partition coefficient (Wildman–Crippen LogP) is 6.94. The minimum atomic E-state index is 0.737. The molecule has 26 heavy (non-hydrogen) atoms. The second-order valence-corrected chi connectivity index (χ2v) is 8.38. The highest BCUT2D eigenvalue weighted by Gasteiger charge is 2.10. The quantitative estimate of drug-likeness (QED) is 0.241. The Kier molecular flexibility index (Phi) is 18.2. The van der Waals surface area contributed by atoms with E-state index in [1.807, 2.05) is 0 Å². The van der Waals surface area contributed by atoms with Crippen LogP contribution in [-0.2, 0) is 0 Å². The van der Waals surface area contributed by atoms with Gasteiger partial charge in [0.05, 0.1) is 0 Å². The smallest absolute Gasteiger partial charge is 0.00645 e. The van der Waals surface area contributed by atoms with Gasteiger partial charge in [0.2, 0.25) is 0 Å². The molecule has 0 radical (unpaired) electrons. The van der Waals surface area contributed by atoms with Crippen molar-refractivity contribution in [3.8, 4) is 0 Å². The van der Waals surface area contributed by atoms with Gasteiger partial charge in [-0.2, -0.15) is 0 Å². The molecule has 0 rings (SSSR count). The lowest BCUT2D eigenvalue weighted by Gasteiger charge is -2.21. The summed E-state index contributed by atoms with van der Waals surface area (Å²) in [6, 6.07) is 1.47. The second kappa shape index (κ2) is 18.3. The maximum absolute atomic E-state index is 3.82. The van der Waals surface area contributed by atoms with Crippen LogP contribution in [0.4, 0.5) is 0 Å². The molecule has 0 amide bonds. The van der Waals surface area contributed by atoms with Gasteiger partial charge in [-0.1, -0.05) is 92.9 Å². The summed E-state index contributed by atoms with van der Waals surface area (Å²) in [5, 5.41) is 7.64. The average molecular weight is 369 g/mol. The SMILES string of the molecule is CCC(CC)CNC(CC)CCCCCCC(CC)NCC(CC)CC. The Morgan fingerprint density at radius 3 is 1.08 bits per heavy atom. The summed E-state index contributed by atoms with van der Waals surface area (Å²) in [5.41, 5.74) is 0. The summed E-state index contributed by atoms with van der Waals surface area (Å²) >= 11 is 0. The van der Waals surface area contributed by atoms with Gasteiger partial charge in [0.15, 0.2) is 0 Å². The molecule has 158 valence electrons. The van der Waals surface area contributed by atoms with Crippen LogP contribution in [0.15, 0.2) is 0 Å². The first-order valence-corrected chi connectivity index (χ1v) is 12.1. The van der Waals surface area contributed by atoms with Gasteiger partial charge >= 0.3 is 0 Å². The number of rotatable bonds is 19. The summed E-state index contributed by atoms with van der Waals surface area (Å²) in [6.45, 7) is 16.4. The van der Waals surface area contributed by atoms with Gasteiger partial charge in [-0.3, -0.25) is 0 Å². The molecule has 0 aliphatic heterocycles. The first kappa shape index (κ1) is 25.9. The van der Waals surface area contributed by atoms with Crippen LogP contribution < -0.4 is 10.6 Å². The largest absolute Gasteiger partial charge is 0.314 e. The molecule has 2 unspecified atom stereocenters. The normalized spacial score (nSPS) is 14.3. The summed E-state index contributed by atoms with van der Waals surface area (Å²) in [6.07, 6.45) is 16.1. The zero-order chi connectivity index (χ0) is 19.6. The van der Waals surface area contributed by atoms with E-state index in [0.717, 1.165) is 23.9 Å². The monoisotopic (exact) mass is 368 g/mol. The Balaban J connectivity index is 3.75. The van der Waals surface area contributed by atoms with Crippen LogP contribution in [0, 0.1) is 11.8 Å². The molecule has 0 aliphatic carbocycles. The van der Waals surface area contributed by atoms with E-state index in [1.54, 1.807) is 0 Å². The van der Waals surface area contributed by atoms with Crippen molar-refractivity contribution in [2.24, 2.45) is 11.8 Å². The van der Waals surface area contributed by atoms with Crippen LogP contribution in [-0.4, -0.2) is 25.2 Å². The van der Waals surface area contributed by atoms with Crippen molar-refractivity contribution in [2.45, 2.75) is 131 Å². The van der Waals surface area contributed by atoms with Crippen LogP contribution in [0.3, 0.4) is 0 Å². The third kappa shape index (κ3) is 13.1. The minimum absolute atomic E-state index is 0.737. The van der Waals surface area contributed by atoms with Crippen molar-refractivity contribution < 1.29 is 0 Å². The molecule has 2 heteroatoms. The third-order valence-electron chi connectivity index (χ3n) is 6.54. The van der Waals surface area contributed by atoms with Crippen molar-refractivity contribution in [3.63, 3.8) is 0 Å². The lowest BCUT2D eigenvalue weighted by Crippen LogP contribution is -2.33. The molecule has 0 aliphatic rings. The molecule has 0 heterocycles. The second-order valence-electron chi connectivity index (χ2n) is 8.38. The Labute approximate surface area is 166 Å². The molecule has 0 spiro atoms. The van der Waals surface area contributed by atoms with Crippen LogP contribution in [0.5, 0.6) is 0 Å². The van der Waals surface area contributed by atoms with E-state index in [1.165, 1.54) is 90.1 Å². The van der Waals surface area contributed by atoms with Crippen molar-refractivity contribution in [2.75, 3.05) is 13.1 Å². The topological polar surface area (TPSA) is 24.1 Å². The van der Waals surface area contributed by atoms with E-state index >= 15 is 0 Å². The van der Waals surface area contributed by atoms with E-state index in [2.05, 4.69) is 52.2 Å². The fourth-order valence-corrected chi connectivity index (χ4v) is 3.86. The van der Waals surface area contributed by atoms with Crippen molar-refractivity contribution in [3.05, 3.63) is 0 Å². The Morgan fingerprint density at radius 2 is 0.808 bits per heavy atom. The van der Waals surface area contributed by atoms with Gasteiger partial charge in [-0.15, -0.1) is 0 Å². The zero-order valence-corrected chi connectivity index (χ0v) is 19.2. The van der Waals surface area contributed by atoms with Crippen molar-refractivity contribution in [1.82, 2.24) is 10.6 Å². The maximum atomic E-state index is 3.82. The molecule has 0 bridgehead atoms. The molecular weight excluding hydrogens is 316 g/mol. The molecule has 0 aromatic rings. The molecule has 0 aromatic heterocycles. The number of hydrogen-bond donors (Lipinski definition) is 2. The minimum Gasteiger partial charge on any atom is -0.314 e. The fourth-order valence-electron chi connectivity index (χ4n) is 3.86. The highest BCUT2D eigenvalue weighted by atomic mass is 14.9. The lowest BCUT2D eigenvalue weighted by molar-refractivity contribution is 0.370. The molecular formula is C24H52N2. The van der Waals surface area contributed by atoms with Gasteiger partial charge in [0, 0.05) is 12.1 Å². The highest BCUT2D eigenvalue weighted by molar-refractivity contribution is 4.70. The molecule has 0 aromatic carbocycles. The maximum Gasteiger partial charge on any atom is 0.00645 e. The molecule has 2 N–H and O–H groups in total. The van der Waals surface area contributed by atoms with Gasteiger partial charge in [-0.05, 0) is 50.6 Å². The molecule has 0 saturated heterocycles. The van der Waals surface area contributed by atoms with Gasteiger partial charge in [0.1, 0.15) is 0 Å². The van der Waals surface area contributed by atoms with E-state index in [9.17, 15) is 0 Å². The zero-order valence-electron chi connectivity index (χ0n) is 19.2. The number of nitrogens with one attached hydrogen (secondary N) is 2. The summed E-state index contributed by atoms with van der Waals surface area (Å²) in [5.74, 6) is 1.73. The van der Waals surface area contributed by atoms with E-state index in [0.29, 0.717) is 0 Å². The van der Waals surface area contributed by atoms with Crippen LogP contribution in [0.1, 0.15) is 119 Å². The summed E-state index contributed by atoms with van der Waals surface area (Å²) < 4.78 is 0. The fraction of sp³-hybridized carbons (Fsp3) is 1.00. The Hall–Kier alpha value is -0.0800. The van der Waals surface area contributed by atoms with Crippen molar-refractivity contribution >= 4 is 0 Å². The third-order valence-corrected chi connectivity index (χ3v) is 6.54. The molecule has 2 nitrogen and oxygen atoms in total. The number of unbranched alkanes of at least 4 members (excludes halogenated alkanes) is 3. The molecule has 0 saturated carbocycles. The Morgan fingerprint density at radius 1 is 0.462 bits per heavy atom. The van der Waals surface area contributed by atoms with E-state index in [4.69, 9.17) is 0 Å². The standard InChI is InChI=1S/C24H52N2/c1-7-21(8-2)19-25-23(11-5)17-15-13-14-16-18-24(12-6)26-20-22(9-3)10-4/h21-26H,7-20H2,1-6H3. The summed E-state index contributed by atoms with van der Waals surface area (Å²) in [4.78, 5) is 0. The van der Waals surface area contributed by atoms with E-state index in [-0.39, 0.29) is 0 Å². The van der Waals surface area contributed by atoms with Crippen LogP contribution in [0.25, 0.3) is 0 Å². The molecule has 0 fully saturated rings. The van der Waals surface area contributed by atoms with E-state index < -0.39 is 0 Å². The van der Waals surface area contributed by atoms with Gasteiger partial charge in [0.25, 0.3) is 0 Å². The first-order chi connectivity index (χ1) is 12.6. The Bertz CT molecular complexity index is 243.